The van der Waals surface area contributed by atoms with Gasteiger partial charge in [0.1, 0.15) is 18.1 Å². The Morgan fingerprint density at radius 2 is 1.87 bits per heavy atom. The second-order valence-electron chi connectivity index (χ2n) is 9.74. The van der Waals surface area contributed by atoms with E-state index in [0.29, 0.717) is 36.2 Å². The number of hydrogen-bond acceptors (Lipinski definition) is 6. The highest BCUT2D eigenvalue weighted by atomic mass is 19.4. The first-order valence-electron chi connectivity index (χ1n) is 12.1. The molecule has 0 aliphatic heterocycles. The van der Waals surface area contributed by atoms with Crippen LogP contribution in [0, 0.1) is 11.3 Å². The second kappa shape index (κ2) is 11.0. The number of para-hydroxylation sites is 1. The number of aromatic nitrogens is 1. The molecule has 1 aromatic heterocycles. The zero-order valence-electron chi connectivity index (χ0n) is 21.0. The highest BCUT2D eigenvalue weighted by molar-refractivity contribution is 5.95. The molecule has 3 N–H and O–H groups in total. The summed E-state index contributed by atoms with van der Waals surface area (Å²) in [5, 5.41) is 12.5. The van der Waals surface area contributed by atoms with Crippen LogP contribution in [0.2, 0.25) is 0 Å². The number of halogens is 3. The molecule has 1 heterocycles. The van der Waals surface area contributed by atoms with Crippen LogP contribution in [0.15, 0.2) is 54.6 Å². The lowest BCUT2D eigenvalue weighted by molar-refractivity contribution is -0.141. The number of hydrogen-bond donors (Lipinski definition) is 3. The predicted octanol–water partition coefficient (Wildman–Crippen LogP) is 3.56. The van der Waals surface area contributed by atoms with Crippen molar-refractivity contribution in [2.24, 2.45) is 11.3 Å². The second-order valence-corrected chi connectivity index (χ2v) is 9.74. The van der Waals surface area contributed by atoms with E-state index in [0.717, 1.165) is 11.6 Å². The molecular formula is C27H29F3N4O4. The van der Waals surface area contributed by atoms with Gasteiger partial charge in [-0.05, 0) is 56.8 Å². The van der Waals surface area contributed by atoms with Gasteiger partial charge in [0.25, 0.3) is 0 Å². The van der Waals surface area contributed by atoms with Crippen LogP contribution in [0.3, 0.4) is 0 Å². The standard InChI is InChI=1S/C27H29F3N4O4/c1-34(2)12-11-31-25(36)26(15-21(26)24(35)33-37)14-17-7-9-19(10-8-17)38-16-18-13-23(27(28,29)30)32-22-6-4-3-5-20(18)22/h3-10,13,21,37H,11-12,14-16H2,1-2H3,(H,31,36)(H,33,35). The van der Waals surface area contributed by atoms with Crippen LogP contribution in [0.25, 0.3) is 10.9 Å². The Labute approximate surface area is 217 Å². The molecular weight excluding hydrogens is 501 g/mol. The van der Waals surface area contributed by atoms with Crippen molar-refractivity contribution in [2.45, 2.75) is 25.6 Å². The summed E-state index contributed by atoms with van der Waals surface area (Å²) in [6, 6.07) is 14.4. The first-order chi connectivity index (χ1) is 18.0. The lowest BCUT2D eigenvalue weighted by atomic mass is 9.92. The third kappa shape index (κ3) is 6.05. The van der Waals surface area contributed by atoms with Gasteiger partial charge in [-0.15, -0.1) is 0 Å². The Hall–Kier alpha value is -3.70. The number of carbonyl (C=O) groups excluding carboxylic acids is 2. The van der Waals surface area contributed by atoms with Crippen molar-refractivity contribution in [3.63, 3.8) is 0 Å². The van der Waals surface area contributed by atoms with Crippen LogP contribution in [0.5, 0.6) is 5.75 Å². The van der Waals surface area contributed by atoms with Crippen molar-refractivity contribution < 1.29 is 32.7 Å². The number of carbonyl (C=O) groups is 2. The SMILES string of the molecule is CN(C)CCNC(=O)C1(Cc2ccc(OCc3cc(C(F)(F)F)nc4ccccc34)cc2)CC1C(=O)NO. The van der Waals surface area contributed by atoms with Crippen LogP contribution in [0.4, 0.5) is 13.2 Å². The highest BCUT2D eigenvalue weighted by Crippen LogP contribution is 2.55. The monoisotopic (exact) mass is 530 g/mol. The highest BCUT2D eigenvalue weighted by Gasteiger charge is 2.63. The Bertz CT molecular complexity index is 1310. The number of ether oxygens (including phenoxy) is 1. The average Bonchev–Trinajstić information content (AvgIpc) is 3.62. The maximum Gasteiger partial charge on any atom is 0.433 e. The first-order valence-corrected chi connectivity index (χ1v) is 12.1. The fourth-order valence-electron chi connectivity index (χ4n) is 4.56. The molecule has 2 atom stereocenters. The number of likely N-dealkylation sites (N-methyl/N-ethyl adjacent to an activating group) is 1. The van der Waals surface area contributed by atoms with Crippen molar-refractivity contribution in [1.29, 1.82) is 0 Å². The smallest absolute Gasteiger partial charge is 0.433 e. The molecule has 11 heteroatoms. The van der Waals surface area contributed by atoms with Crippen molar-refractivity contribution >= 4 is 22.7 Å². The number of fused-ring (bicyclic) bond motifs is 1. The molecule has 1 fully saturated rings. The molecule has 8 nitrogen and oxygen atoms in total. The number of nitrogens with one attached hydrogen (secondary N) is 2. The number of benzene rings is 2. The topological polar surface area (TPSA) is 104 Å². The van der Waals surface area contributed by atoms with E-state index < -0.39 is 29.1 Å². The Morgan fingerprint density at radius 1 is 1.16 bits per heavy atom. The van der Waals surface area contributed by atoms with Crippen molar-refractivity contribution in [3.8, 4) is 5.75 Å². The van der Waals surface area contributed by atoms with Crippen LogP contribution < -0.4 is 15.5 Å². The molecule has 0 bridgehead atoms. The summed E-state index contributed by atoms with van der Waals surface area (Å²) in [6.07, 6.45) is -3.99. The van der Waals surface area contributed by atoms with Gasteiger partial charge in [0.15, 0.2) is 0 Å². The molecule has 0 saturated heterocycles. The summed E-state index contributed by atoms with van der Waals surface area (Å²) in [7, 11) is 3.77. The minimum Gasteiger partial charge on any atom is -0.489 e. The van der Waals surface area contributed by atoms with Crippen LogP contribution >= 0.6 is 0 Å². The maximum absolute atomic E-state index is 13.3. The zero-order valence-corrected chi connectivity index (χ0v) is 21.0. The summed E-state index contributed by atoms with van der Waals surface area (Å²) < 4.78 is 45.8. The molecule has 2 amide bonds. The molecule has 2 unspecified atom stereocenters. The first kappa shape index (κ1) is 27.3. The summed E-state index contributed by atoms with van der Waals surface area (Å²) >= 11 is 0. The Balaban J connectivity index is 1.46. The van der Waals surface area contributed by atoms with E-state index in [4.69, 9.17) is 9.94 Å². The molecule has 1 saturated carbocycles. The molecule has 38 heavy (non-hydrogen) atoms. The van der Waals surface area contributed by atoms with Gasteiger partial charge >= 0.3 is 6.18 Å². The number of rotatable bonds is 10. The van der Waals surface area contributed by atoms with Gasteiger partial charge in [-0.1, -0.05) is 30.3 Å². The summed E-state index contributed by atoms with van der Waals surface area (Å²) in [5.74, 6) is -1.06. The Kier molecular flexibility index (Phi) is 7.89. The zero-order chi connectivity index (χ0) is 27.5. The van der Waals surface area contributed by atoms with Crippen LogP contribution in [-0.4, -0.2) is 54.1 Å². The van der Waals surface area contributed by atoms with Crippen LogP contribution in [-0.2, 0) is 28.8 Å². The predicted molar refractivity (Wildman–Crippen MR) is 133 cm³/mol. The lowest BCUT2D eigenvalue weighted by Crippen LogP contribution is -2.40. The third-order valence-corrected chi connectivity index (χ3v) is 6.73. The van der Waals surface area contributed by atoms with Crippen molar-refractivity contribution in [1.82, 2.24) is 20.7 Å². The van der Waals surface area contributed by atoms with E-state index in [1.54, 1.807) is 47.9 Å². The van der Waals surface area contributed by atoms with E-state index in [1.807, 2.05) is 19.0 Å². The largest absolute Gasteiger partial charge is 0.489 e. The molecule has 202 valence electrons. The van der Waals surface area contributed by atoms with E-state index in [-0.39, 0.29) is 24.5 Å². The van der Waals surface area contributed by atoms with Gasteiger partial charge in [-0.3, -0.25) is 14.8 Å². The van der Waals surface area contributed by atoms with E-state index in [2.05, 4.69) is 10.3 Å². The lowest BCUT2D eigenvalue weighted by Gasteiger charge is -2.19. The fraction of sp³-hybridized carbons (Fsp3) is 0.370. The summed E-state index contributed by atoms with van der Waals surface area (Å²) in [4.78, 5) is 30.7. The van der Waals surface area contributed by atoms with Crippen molar-refractivity contribution in [3.05, 3.63) is 71.4 Å². The minimum absolute atomic E-state index is 0.0948. The molecule has 1 aliphatic carbocycles. The Morgan fingerprint density at radius 3 is 2.53 bits per heavy atom. The van der Waals surface area contributed by atoms with Crippen LogP contribution in [0.1, 0.15) is 23.2 Å². The number of alkyl halides is 3. The van der Waals surface area contributed by atoms with E-state index in [1.165, 1.54) is 6.07 Å². The number of amides is 2. The number of hydroxylamine groups is 1. The number of nitrogens with zero attached hydrogens (tertiary/aromatic N) is 2. The minimum atomic E-state index is -4.58. The molecule has 0 radical (unpaired) electrons. The maximum atomic E-state index is 13.3. The van der Waals surface area contributed by atoms with Crippen molar-refractivity contribution in [2.75, 3.05) is 27.2 Å². The molecule has 0 spiro atoms. The van der Waals surface area contributed by atoms with E-state index in [9.17, 15) is 22.8 Å². The fourth-order valence-corrected chi connectivity index (χ4v) is 4.56. The van der Waals surface area contributed by atoms with Gasteiger partial charge in [0.2, 0.25) is 11.8 Å². The molecule has 1 aliphatic rings. The molecule has 3 aromatic rings. The third-order valence-electron chi connectivity index (χ3n) is 6.73. The van der Waals surface area contributed by atoms with Gasteiger partial charge in [0, 0.05) is 24.0 Å². The normalized spacial score (nSPS) is 18.9. The molecule has 2 aromatic carbocycles. The van der Waals surface area contributed by atoms with Gasteiger partial charge in [-0.2, -0.15) is 13.2 Å². The molecule has 4 rings (SSSR count). The van der Waals surface area contributed by atoms with E-state index >= 15 is 0 Å². The number of pyridine rings is 1. The quantitative estimate of drug-likeness (QED) is 0.274. The van der Waals surface area contributed by atoms with Gasteiger partial charge < -0.3 is 15.0 Å². The van der Waals surface area contributed by atoms with Gasteiger partial charge in [-0.25, -0.2) is 10.5 Å². The summed E-state index contributed by atoms with van der Waals surface area (Å²) in [6.45, 7) is 0.970. The summed E-state index contributed by atoms with van der Waals surface area (Å²) in [5.41, 5.74) is 1.06. The van der Waals surface area contributed by atoms with Gasteiger partial charge in [0.05, 0.1) is 16.8 Å². The average molecular weight is 531 g/mol.